The van der Waals surface area contributed by atoms with Crippen LogP contribution in [-0.4, -0.2) is 19.7 Å². The molecule has 0 bridgehead atoms. The molecule has 3 aromatic rings. The van der Waals surface area contributed by atoms with Gasteiger partial charge in [0.15, 0.2) is 5.65 Å². The third-order valence-corrected chi connectivity index (χ3v) is 5.66. The third-order valence-electron chi connectivity index (χ3n) is 5.66. The van der Waals surface area contributed by atoms with Gasteiger partial charge in [-0.3, -0.25) is 9.78 Å². The largest absolute Gasteiger partial charge is 0.352 e. The monoisotopic (exact) mass is 367 g/mol. The Kier molecular flexibility index (Phi) is 4.62. The fourth-order valence-corrected chi connectivity index (χ4v) is 3.51. The van der Waals surface area contributed by atoms with Crippen molar-refractivity contribution in [2.45, 2.75) is 67.5 Å². The summed E-state index contributed by atoms with van der Waals surface area (Å²) in [5.41, 5.74) is 7.96. The lowest BCUT2D eigenvalue weighted by molar-refractivity contribution is 0.366. The Morgan fingerprint density at radius 3 is 2.11 bits per heavy atom. The second-order valence-electron chi connectivity index (χ2n) is 8.34. The molecule has 3 rings (SSSR count). The van der Waals surface area contributed by atoms with E-state index in [9.17, 15) is 4.79 Å². The molecule has 2 N–H and O–H groups in total. The van der Waals surface area contributed by atoms with E-state index >= 15 is 0 Å². The molecule has 2 aromatic heterocycles. The van der Waals surface area contributed by atoms with E-state index in [2.05, 4.69) is 55.0 Å². The number of benzene rings is 1. The summed E-state index contributed by atoms with van der Waals surface area (Å²) in [5.74, 6) is 0.466. The minimum atomic E-state index is -0.252. The van der Waals surface area contributed by atoms with E-state index in [-0.39, 0.29) is 11.1 Å². The Balaban J connectivity index is 2.01. The van der Waals surface area contributed by atoms with Crippen LogP contribution in [0.3, 0.4) is 0 Å². The second kappa shape index (κ2) is 6.51. The number of hydrogen-bond donors (Lipinski definition) is 2. The van der Waals surface area contributed by atoms with Gasteiger partial charge in [0.2, 0.25) is 5.95 Å². The molecule has 0 radical (unpaired) electrons. The van der Waals surface area contributed by atoms with Crippen molar-refractivity contribution in [1.29, 1.82) is 0 Å². The molecular formula is C21H29N5O. The smallest absolute Gasteiger partial charge is 0.263 e. The fraction of sp³-hybridized carbons (Fsp3) is 0.476. The molecule has 2 heterocycles. The summed E-state index contributed by atoms with van der Waals surface area (Å²) in [6, 6.07) is 0. The quantitative estimate of drug-likeness (QED) is 0.733. The van der Waals surface area contributed by atoms with Crippen LogP contribution in [0.1, 0.15) is 54.2 Å². The maximum Gasteiger partial charge on any atom is 0.263 e. The van der Waals surface area contributed by atoms with Crippen molar-refractivity contribution >= 4 is 17.0 Å². The highest BCUT2D eigenvalue weighted by Gasteiger charge is 2.20. The summed E-state index contributed by atoms with van der Waals surface area (Å²) >= 11 is 0. The molecule has 0 atom stereocenters. The van der Waals surface area contributed by atoms with Crippen molar-refractivity contribution in [2.24, 2.45) is 0 Å². The van der Waals surface area contributed by atoms with Crippen LogP contribution in [0, 0.1) is 34.6 Å². The molecule has 0 saturated heterocycles. The van der Waals surface area contributed by atoms with Gasteiger partial charge in [-0.05, 0) is 88.8 Å². The number of aromatic amines is 1. The van der Waals surface area contributed by atoms with Crippen molar-refractivity contribution in [3.63, 3.8) is 0 Å². The molecule has 0 aliphatic rings. The minimum absolute atomic E-state index is 0.178. The molecule has 0 unspecified atom stereocenters. The first-order valence-electron chi connectivity index (χ1n) is 9.30. The Hall–Kier alpha value is -2.63. The number of fused-ring (bicyclic) bond motifs is 1. The molecule has 6 heteroatoms. The molecule has 144 valence electrons. The van der Waals surface area contributed by atoms with Crippen LogP contribution in [0.25, 0.3) is 11.0 Å². The maximum atomic E-state index is 12.4. The summed E-state index contributed by atoms with van der Waals surface area (Å²) in [7, 11) is 0. The summed E-state index contributed by atoms with van der Waals surface area (Å²) in [4.78, 5) is 19.9. The van der Waals surface area contributed by atoms with Crippen LogP contribution >= 0.6 is 0 Å². The van der Waals surface area contributed by atoms with Gasteiger partial charge in [-0.2, -0.15) is 10.1 Å². The van der Waals surface area contributed by atoms with Crippen LogP contribution in [0.4, 0.5) is 5.95 Å². The zero-order chi connectivity index (χ0) is 20.1. The van der Waals surface area contributed by atoms with Crippen LogP contribution in [0.15, 0.2) is 11.0 Å². The predicted octanol–water partition coefficient (Wildman–Crippen LogP) is 4.03. The average molecular weight is 367 g/mol. The fourth-order valence-electron chi connectivity index (χ4n) is 3.51. The minimum Gasteiger partial charge on any atom is -0.352 e. The van der Waals surface area contributed by atoms with E-state index in [1.165, 1.54) is 33.4 Å². The molecule has 0 aliphatic heterocycles. The number of nitrogens with one attached hydrogen (secondary N) is 2. The summed E-state index contributed by atoms with van der Waals surface area (Å²) < 4.78 is 1.79. The van der Waals surface area contributed by atoms with Crippen molar-refractivity contribution in [1.82, 2.24) is 19.7 Å². The highest BCUT2D eigenvalue weighted by atomic mass is 16.1. The van der Waals surface area contributed by atoms with Gasteiger partial charge in [0.25, 0.3) is 5.56 Å². The van der Waals surface area contributed by atoms with Gasteiger partial charge < -0.3 is 5.32 Å². The summed E-state index contributed by atoms with van der Waals surface area (Å²) in [6.45, 7) is 17.5. The highest BCUT2D eigenvalue weighted by Crippen LogP contribution is 2.26. The molecule has 0 fully saturated rings. The molecule has 0 spiro atoms. The van der Waals surface area contributed by atoms with Crippen molar-refractivity contribution < 1.29 is 0 Å². The summed E-state index contributed by atoms with van der Waals surface area (Å²) in [5, 5.41) is 8.17. The summed E-state index contributed by atoms with van der Waals surface area (Å²) in [6.07, 6.45) is 1.58. The van der Waals surface area contributed by atoms with E-state index in [0.29, 0.717) is 23.5 Å². The molecule has 1 aromatic carbocycles. The van der Waals surface area contributed by atoms with Crippen LogP contribution in [0.5, 0.6) is 0 Å². The van der Waals surface area contributed by atoms with E-state index in [1.807, 2.05) is 20.8 Å². The topological polar surface area (TPSA) is 75.6 Å². The molecule has 0 amide bonds. The van der Waals surface area contributed by atoms with Gasteiger partial charge in [-0.15, -0.1) is 0 Å². The first-order chi connectivity index (χ1) is 12.5. The molecule has 27 heavy (non-hydrogen) atoms. The molecule has 0 saturated carbocycles. The van der Waals surface area contributed by atoms with Crippen molar-refractivity contribution in [3.05, 3.63) is 49.9 Å². The zero-order valence-corrected chi connectivity index (χ0v) is 17.5. The van der Waals surface area contributed by atoms with Gasteiger partial charge >= 0.3 is 0 Å². The predicted molar refractivity (Wildman–Crippen MR) is 111 cm³/mol. The maximum absolute atomic E-state index is 12.4. The first-order valence-corrected chi connectivity index (χ1v) is 9.30. The van der Waals surface area contributed by atoms with Crippen molar-refractivity contribution in [2.75, 3.05) is 5.32 Å². The van der Waals surface area contributed by atoms with E-state index in [1.54, 1.807) is 10.9 Å². The number of H-pyrrole nitrogens is 1. The Bertz CT molecular complexity index is 1050. The Labute approximate surface area is 160 Å². The normalized spacial score (nSPS) is 12.0. The van der Waals surface area contributed by atoms with Crippen LogP contribution in [0.2, 0.25) is 0 Å². The van der Waals surface area contributed by atoms with Gasteiger partial charge in [-0.25, -0.2) is 4.68 Å². The average Bonchev–Trinajstić information content (AvgIpc) is 3.03. The van der Waals surface area contributed by atoms with Gasteiger partial charge in [0.1, 0.15) is 5.39 Å². The highest BCUT2D eigenvalue weighted by molar-refractivity contribution is 5.74. The standard InChI is InChI=1S/C21H29N5O/c1-11-12(2)14(4)16(15(5)13(11)3)9-22-20-24-18-17(19(27)25-20)10-23-26(18)21(6,7)8/h10H,9H2,1-8H3,(H2,22,24,25,27). The molecular weight excluding hydrogens is 338 g/mol. The van der Waals surface area contributed by atoms with Crippen LogP contribution < -0.4 is 10.9 Å². The lowest BCUT2D eigenvalue weighted by Crippen LogP contribution is -2.24. The number of anilines is 1. The van der Waals surface area contributed by atoms with Gasteiger partial charge in [-0.1, -0.05) is 0 Å². The number of aromatic nitrogens is 4. The van der Waals surface area contributed by atoms with Gasteiger partial charge in [0, 0.05) is 6.54 Å². The number of hydrogen-bond acceptors (Lipinski definition) is 4. The number of rotatable bonds is 3. The van der Waals surface area contributed by atoms with Gasteiger partial charge in [0.05, 0.1) is 11.7 Å². The van der Waals surface area contributed by atoms with Crippen LogP contribution in [-0.2, 0) is 12.1 Å². The van der Waals surface area contributed by atoms with E-state index < -0.39 is 0 Å². The SMILES string of the molecule is Cc1c(C)c(C)c(CNc2nc3c(cnn3C(C)(C)C)c(=O)[nH]2)c(C)c1C. The zero-order valence-electron chi connectivity index (χ0n) is 17.5. The molecule has 0 aliphatic carbocycles. The Morgan fingerprint density at radius 2 is 1.56 bits per heavy atom. The first kappa shape index (κ1) is 19.1. The Morgan fingerprint density at radius 1 is 1.00 bits per heavy atom. The second-order valence-corrected chi connectivity index (χ2v) is 8.34. The lowest BCUT2D eigenvalue weighted by atomic mass is 9.89. The molecule has 6 nitrogen and oxygen atoms in total. The number of nitrogens with zero attached hydrogens (tertiary/aromatic N) is 3. The van der Waals surface area contributed by atoms with E-state index in [0.717, 1.165) is 0 Å². The van der Waals surface area contributed by atoms with Crippen molar-refractivity contribution in [3.8, 4) is 0 Å². The third kappa shape index (κ3) is 3.24. The lowest BCUT2D eigenvalue weighted by Gasteiger charge is -2.20. The van der Waals surface area contributed by atoms with E-state index in [4.69, 9.17) is 0 Å².